The molecule has 22 heavy (non-hydrogen) atoms. The van der Waals surface area contributed by atoms with Crippen molar-refractivity contribution in [2.45, 2.75) is 25.4 Å². The minimum absolute atomic E-state index is 0.0206. The van der Waals surface area contributed by atoms with Gasteiger partial charge in [0.2, 0.25) is 0 Å². The molecule has 2 rings (SSSR count). The lowest BCUT2D eigenvalue weighted by Crippen LogP contribution is -2.42. The number of methoxy groups -OCH3 is 1. The van der Waals surface area contributed by atoms with Crippen molar-refractivity contribution in [1.29, 1.82) is 0 Å². The highest BCUT2D eigenvalue weighted by Crippen LogP contribution is 2.28. The van der Waals surface area contributed by atoms with E-state index in [1.54, 1.807) is 12.0 Å². The second-order valence-electron chi connectivity index (χ2n) is 5.38. The molecule has 5 nitrogen and oxygen atoms in total. The van der Waals surface area contributed by atoms with Gasteiger partial charge in [-0.05, 0) is 37.0 Å². The number of hydrogen-bond donors (Lipinski definition) is 1. The monoisotopic (exact) mass is 305 g/mol. The summed E-state index contributed by atoms with van der Waals surface area (Å²) in [6.45, 7) is 4.85. The Morgan fingerprint density at radius 3 is 2.77 bits per heavy atom. The lowest BCUT2D eigenvalue weighted by molar-refractivity contribution is -0.135. The van der Waals surface area contributed by atoms with E-state index >= 15 is 0 Å². The molecule has 0 bridgehead atoms. The van der Waals surface area contributed by atoms with Gasteiger partial charge in [-0.2, -0.15) is 0 Å². The molecule has 1 aromatic rings. The summed E-state index contributed by atoms with van der Waals surface area (Å²) in [6, 6.07) is 5.63. The van der Waals surface area contributed by atoms with E-state index in [0.717, 1.165) is 12.0 Å². The predicted octanol–water partition coefficient (Wildman–Crippen LogP) is 1.79. The van der Waals surface area contributed by atoms with Gasteiger partial charge in [0.05, 0.1) is 13.2 Å². The number of carbonyl (C=O) groups excluding carboxylic acids is 1. The Balaban J connectivity index is 1.93. The van der Waals surface area contributed by atoms with Crippen molar-refractivity contribution >= 4 is 5.91 Å². The summed E-state index contributed by atoms with van der Waals surface area (Å²) in [5.41, 5.74) is 1.08. The Morgan fingerprint density at radius 1 is 1.41 bits per heavy atom. The molecule has 1 aliphatic heterocycles. The molecule has 5 heteroatoms. The Labute approximate surface area is 131 Å². The van der Waals surface area contributed by atoms with Gasteiger partial charge in [-0.1, -0.05) is 12.1 Å². The number of amides is 1. The molecule has 0 spiro atoms. The first-order valence-electron chi connectivity index (χ1n) is 7.50. The summed E-state index contributed by atoms with van der Waals surface area (Å²) < 4.78 is 10.9. The number of hydrogen-bond acceptors (Lipinski definition) is 4. The van der Waals surface area contributed by atoms with Crippen LogP contribution in [0, 0.1) is 0 Å². The molecule has 1 heterocycles. The minimum atomic E-state index is -0.289. The maximum atomic E-state index is 12.1. The number of likely N-dealkylation sites (tertiary alicyclic amines) is 1. The third-order valence-electron chi connectivity index (χ3n) is 3.78. The first-order valence-corrected chi connectivity index (χ1v) is 7.50. The van der Waals surface area contributed by atoms with Crippen LogP contribution >= 0.6 is 0 Å². The molecule has 0 unspecified atom stereocenters. The molecule has 0 saturated carbocycles. The van der Waals surface area contributed by atoms with Crippen molar-refractivity contribution in [3.8, 4) is 11.5 Å². The number of allylic oxidation sites excluding steroid dienone is 1. The summed E-state index contributed by atoms with van der Waals surface area (Å²) in [4.78, 5) is 13.8. The Morgan fingerprint density at radius 2 is 2.14 bits per heavy atom. The molecular weight excluding hydrogens is 282 g/mol. The van der Waals surface area contributed by atoms with E-state index in [0.29, 0.717) is 37.4 Å². The topological polar surface area (TPSA) is 59.0 Å². The zero-order valence-corrected chi connectivity index (χ0v) is 13.0. The summed E-state index contributed by atoms with van der Waals surface area (Å²) in [6.07, 6.45) is 3.55. The largest absolute Gasteiger partial charge is 0.493 e. The number of aliphatic hydroxyl groups excluding tert-OH is 1. The number of piperidine rings is 1. The van der Waals surface area contributed by atoms with Crippen LogP contribution in [0.25, 0.3) is 0 Å². The molecule has 1 aromatic carbocycles. The van der Waals surface area contributed by atoms with Crippen molar-refractivity contribution in [1.82, 2.24) is 4.90 Å². The summed E-state index contributed by atoms with van der Waals surface area (Å²) >= 11 is 0. The number of benzene rings is 1. The number of aliphatic hydroxyl groups is 1. The van der Waals surface area contributed by atoms with Crippen molar-refractivity contribution in [3.05, 3.63) is 36.4 Å². The van der Waals surface area contributed by atoms with Crippen LogP contribution in [-0.2, 0) is 11.2 Å². The molecule has 1 amide bonds. The van der Waals surface area contributed by atoms with Crippen LogP contribution in [0.4, 0.5) is 0 Å². The van der Waals surface area contributed by atoms with Gasteiger partial charge >= 0.3 is 0 Å². The molecule has 1 fully saturated rings. The Kier molecular flexibility index (Phi) is 5.83. The summed E-state index contributed by atoms with van der Waals surface area (Å²) in [7, 11) is 1.58. The van der Waals surface area contributed by atoms with E-state index in [4.69, 9.17) is 9.47 Å². The van der Waals surface area contributed by atoms with Gasteiger partial charge in [0, 0.05) is 13.1 Å². The first-order chi connectivity index (χ1) is 10.6. The third kappa shape index (κ3) is 4.24. The fourth-order valence-corrected chi connectivity index (χ4v) is 2.47. The van der Waals surface area contributed by atoms with E-state index < -0.39 is 0 Å². The second-order valence-corrected chi connectivity index (χ2v) is 5.38. The average molecular weight is 305 g/mol. The van der Waals surface area contributed by atoms with E-state index in [9.17, 15) is 9.90 Å². The zero-order valence-electron chi connectivity index (χ0n) is 13.0. The second kappa shape index (κ2) is 7.84. The highest BCUT2D eigenvalue weighted by molar-refractivity contribution is 5.78. The molecule has 1 aliphatic rings. The average Bonchev–Trinajstić information content (AvgIpc) is 2.54. The Hall–Kier alpha value is -2.01. The predicted molar refractivity (Wildman–Crippen MR) is 84.2 cm³/mol. The maximum Gasteiger partial charge on any atom is 0.260 e. The smallest absolute Gasteiger partial charge is 0.260 e. The van der Waals surface area contributed by atoms with Gasteiger partial charge < -0.3 is 19.5 Å². The highest BCUT2D eigenvalue weighted by atomic mass is 16.5. The molecule has 1 saturated heterocycles. The quantitative estimate of drug-likeness (QED) is 0.814. The van der Waals surface area contributed by atoms with Gasteiger partial charge in [0.15, 0.2) is 18.1 Å². The Bertz CT molecular complexity index is 521. The van der Waals surface area contributed by atoms with Crippen molar-refractivity contribution in [2.75, 3.05) is 26.8 Å². The number of rotatable bonds is 6. The van der Waals surface area contributed by atoms with Crippen LogP contribution in [0.3, 0.4) is 0 Å². The standard InChI is InChI=1S/C17H23NO4/c1-3-4-13-5-6-15(16(11-13)21-2)22-12-17(20)18-9-7-14(19)8-10-18/h3,5-6,11,14,19H,1,4,7-10,12H2,2H3. The van der Waals surface area contributed by atoms with Gasteiger partial charge in [0.1, 0.15) is 0 Å². The molecule has 0 aromatic heterocycles. The van der Waals surface area contributed by atoms with Crippen LogP contribution in [0.1, 0.15) is 18.4 Å². The number of carbonyl (C=O) groups is 1. The van der Waals surface area contributed by atoms with E-state index in [1.165, 1.54) is 0 Å². The van der Waals surface area contributed by atoms with Crippen molar-refractivity contribution in [3.63, 3.8) is 0 Å². The molecule has 0 radical (unpaired) electrons. The SMILES string of the molecule is C=CCc1ccc(OCC(=O)N2CCC(O)CC2)c(OC)c1. The normalized spacial score (nSPS) is 15.5. The number of nitrogens with zero attached hydrogens (tertiary/aromatic N) is 1. The lowest BCUT2D eigenvalue weighted by Gasteiger charge is -2.29. The van der Waals surface area contributed by atoms with E-state index in [2.05, 4.69) is 6.58 Å². The maximum absolute atomic E-state index is 12.1. The van der Waals surface area contributed by atoms with Gasteiger partial charge in [-0.25, -0.2) is 0 Å². The minimum Gasteiger partial charge on any atom is -0.493 e. The summed E-state index contributed by atoms with van der Waals surface area (Å²) in [5.74, 6) is 1.10. The molecule has 0 aliphatic carbocycles. The molecule has 1 N–H and O–H groups in total. The van der Waals surface area contributed by atoms with Crippen LogP contribution in [0.5, 0.6) is 11.5 Å². The van der Waals surface area contributed by atoms with Crippen LogP contribution < -0.4 is 9.47 Å². The third-order valence-corrected chi connectivity index (χ3v) is 3.78. The zero-order chi connectivity index (χ0) is 15.9. The highest BCUT2D eigenvalue weighted by Gasteiger charge is 2.21. The molecule has 0 atom stereocenters. The van der Waals surface area contributed by atoms with Crippen LogP contribution in [-0.4, -0.2) is 48.8 Å². The van der Waals surface area contributed by atoms with Gasteiger partial charge in [0.25, 0.3) is 5.91 Å². The van der Waals surface area contributed by atoms with Crippen molar-refractivity contribution in [2.24, 2.45) is 0 Å². The lowest BCUT2D eigenvalue weighted by atomic mass is 10.1. The van der Waals surface area contributed by atoms with Gasteiger partial charge in [-0.3, -0.25) is 4.79 Å². The van der Waals surface area contributed by atoms with Crippen LogP contribution in [0.2, 0.25) is 0 Å². The number of ether oxygens (including phenoxy) is 2. The first kappa shape index (κ1) is 16.4. The van der Waals surface area contributed by atoms with Crippen LogP contribution in [0.15, 0.2) is 30.9 Å². The molecular formula is C17H23NO4. The fourth-order valence-electron chi connectivity index (χ4n) is 2.47. The summed E-state index contributed by atoms with van der Waals surface area (Å²) in [5, 5.41) is 9.46. The fraction of sp³-hybridized carbons (Fsp3) is 0.471. The molecule has 120 valence electrons. The van der Waals surface area contributed by atoms with E-state index in [-0.39, 0.29) is 18.6 Å². The van der Waals surface area contributed by atoms with Gasteiger partial charge in [-0.15, -0.1) is 6.58 Å². The van der Waals surface area contributed by atoms with Crippen molar-refractivity contribution < 1.29 is 19.4 Å². The van der Waals surface area contributed by atoms with E-state index in [1.807, 2.05) is 24.3 Å².